The lowest BCUT2D eigenvalue weighted by Crippen LogP contribution is -1.98. The number of hydrogen-bond acceptors (Lipinski definition) is 4. The van der Waals surface area contributed by atoms with Crippen molar-refractivity contribution in [3.63, 3.8) is 0 Å². The van der Waals surface area contributed by atoms with Crippen LogP contribution in [-0.4, -0.2) is 24.0 Å². The van der Waals surface area contributed by atoms with Gasteiger partial charge in [-0.05, 0) is 87.6 Å². The van der Waals surface area contributed by atoms with Crippen LogP contribution in [0.4, 0.5) is 11.4 Å². The molecule has 0 bridgehead atoms. The molecule has 222 valence electrons. The fourth-order valence-corrected chi connectivity index (χ4v) is 5.23. The monoisotopic (exact) mass is 596 g/mol. The van der Waals surface area contributed by atoms with Gasteiger partial charge in [-0.3, -0.25) is 0 Å². The first-order chi connectivity index (χ1) is 22.7. The number of aliphatic hydroxyl groups is 1. The van der Waals surface area contributed by atoms with Crippen molar-refractivity contribution in [2.45, 2.75) is 6.61 Å². The minimum atomic E-state index is -0.121. The van der Waals surface area contributed by atoms with E-state index in [1.807, 2.05) is 146 Å². The van der Waals surface area contributed by atoms with E-state index in [1.165, 1.54) is 0 Å². The maximum absolute atomic E-state index is 10.4. The van der Waals surface area contributed by atoms with Crippen molar-refractivity contribution in [1.82, 2.24) is 0 Å². The van der Waals surface area contributed by atoms with Crippen LogP contribution in [0.3, 0.4) is 0 Å². The standard InChI is InChI=1S/C42H32N2O2/c1-46-42-25-24-34(27-39(42)41(32-16-8-3-9-17-32)29-44-37-20-12-5-13-21-37)33-22-23-35(30-45)38(26-33)40(31-14-6-2-7-15-31)28-43-36-18-10-4-11-19-36/h2-27,45H,30H2,1H3. The summed E-state index contributed by atoms with van der Waals surface area (Å²) in [5.74, 6) is 7.35. The van der Waals surface area contributed by atoms with Crippen molar-refractivity contribution in [2.24, 2.45) is 9.98 Å². The van der Waals surface area contributed by atoms with Crippen molar-refractivity contribution in [2.75, 3.05) is 7.11 Å². The lowest BCUT2D eigenvalue weighted by atomic mass is 9.90. The van der Waals surface area contributed by atoms with E-state index in [0.29, 0.717) is 5.75 Å². The van der Waals surface area contributed by atoms with Gasteiger partial charge in [0.25, 0.3) is 0 Å². The molecule has 46 heavy (non-hydrogen) atoms. The summed E-state index contributed by atoms with van der Waals surface area (Å²) in [6, 6.07) is 51.9. The van der Waals surface area contributed by atoms with Gasteiger partial charge in [-0.25, -0.2) is 9.98 Å². The molecule has 0 radical (unpaired) electrons. The van der Waals surface area contributed by atoms with Gasteiger partial charge in [-0.15, -0.1) is 0 Å². The van der Waals surface area contributed by atoms with Gasteiger partial charge in [0.05, 0.1) is 36.2 Å². The first-order valence-corrected chi connectivity index (χ1v) is 15.0. The van der Waals surface area contributed by atoms with E-state index in [9.17, 15) is 5.11 Å². The zero-order chi connectivity index (χ0) is 31.6. The maximum Gasteiger partial charge on any atom is 0.127 e. The highest BCUT2D eigenvalue weighted by atomic mass is 16.5. The SMILES string of the molecule is COc1ccc(-c2ccc(CO)c(C(=C=Nc3ccccc3)c3ccccc3)c2)cc1C(=C=Nc1ccccc1)c1ccccc1. The van der Waals surface area contributed by atoms with Crippen molar-refractivity contribution >= 4 is 34.3 Å². The number of methoxy groups -OCH3 is 1. The molecule has 0 saturated heterocycles. The average molecular weight is 597 g/mol. The molecular formula is C42H32N2O2. The molecule has 6 rings (SSSR count). The Morgan fingerprint density at radius 2 is 0.978 bits per heavy atom. The Morgan fingerprint density at radius 1 is 0.543 bits per heavy atom. The summed E-state index contributed by atoms with van der Waals surface area (Å²) in [5.41, 5.74) is 9.60. The summed E-state index contributed by atoms with van der Waals surface area (Å²) in [5, 5.41) is 10.4. The molecule has 0 aromatic heterocycles. The van der Waals surface area contributed by atoms with Crippen LogP contribution in [0.2, 0.25) is 0 Å². The molecule has 0 aliphatic heterocycles. The molecule has 0 aliphatic rings. The molecule has 0 heterocycles. The normalized spacial score (nSPS) is 10.3. The van der Waals surface area contributed by atoms with Crippen LogP contribution in [0.5, 0.6) is 5.75 Å². The number of hydrogen-bond donors (Lipinski definition) is 1. The van der Waals surface area contributed by atoms with E-state index >= 15 is 0 Å². The fraction of sp³-hybridized carbons (Fsp3) is 0.0476. The van der Waals surface area contributed by atoms with Gasteiger partial charge in [-0.1, -0.05) is 115 Å². The molecule has 6 aromatic carbocycles. The van der Waals surface area contributed by atoms with Crippen molar-refractivity contribution < 1.29 is 9.84 Å². The number of ether oxygens (including phenoxy) is 1. The molecule has 0 saturated carbocycles. The van der Waals surface area contributed by atoms with E-state index in [4.69, 9.17) is 4.74 Å². The highest BCUT2D eigenvalue weighted by molar-refractivity contribution is 6.03. The third-order valence-electron chi connectivity index (χ3n) is 7.58. The molecule has 4 heteroatoms. The van der Waals surface area contributed by atoms with Gasteiger partial charge in [0.15, 0.2) is 0 Å². The van der Waals surface area contributed by atoms with E-state index in [2.05, 4.69) is 33.9 Å². The number of nitrogens with zero attached hydrogens (tertiary/aromatic N) is 2. The van der Waals surface area contributed by atoms with Crippen molar-refractivity contribution in [3.05, 3.63) is 186 Å². The predicted molar refractivity (Wildman–Crippen MR) is 189 cm³/mol. The zero-order valence-corrected chi connectivity index (χ0v) is 25.5. The van der Waals surface area contributed by atoms with Gasteiger partial charge in [0.2, 0.25) is 0 Å². The van der Waals surface area contributed by atoms with Crippen LogP contribution in [-0.2, 0) is 6.61 Å². The smallest absolute Gasteiger partial charge is 0.127 e. The lowest BCUT2D eigenvalue weighted by molar-refractivity contribution is 0.281. The van der Waals surface area contributed by atoms with Gasteiger partial charge in [0.1, 0.15) is 5.75 Å². The molecule has 0 atom stereocenters. The van der Waals surface area contributed by atoms with Gasteiger partial charge < -0.3 is 9.84 Å². The Hall–Kier alpha value is -6.02. The zero-order valence-electron chi connectivity index (χ0n) is 25.5. The molecule has 0 amide bonds. The molecule has 1 N–H and O–H groups in total. The Morgan fingerprint density at radius 3 is 1.46 bits per heavy atom. The first kappa shape index (κ1) is 30.0. The average Bonchev–Trinajstić information content (AvgIpc) is 3.13. The Kier molecular flexibility index (Phi) is 9.55. The van der Waals surface area contributed by atoms with Crippen LogP contribution in [0.15, 0.2) is 168 Å². The van der Waals surface area contributed by atoms with E-state index in [0.717, 1.165) is 61.5 Å². The van der Waals surface area contributed by atoms with Gasteiger partial charge >= 0.3 is 0 Å². The second kappa shape index (κ2) is 14.6. The second-order valence-electron chi connectivity index (χ2n) is 10.5. The largest absolute Gasteiger partial charge is 0.496 e. The minimum absolute atomic E-state index is 0.121. The highest BCUT2D eigenvalue weighted by Crippen LogP contribution is 2.36. The number of rotatable bonds is 9. The molecule has 4 nitrogen and oxygen atoms in total. The number of benzene rings is 6. The predicted octanol–water partition coefficient (Wildman–Crippen LogP) is 9.72. The fourth-order valence-electron chi connectivity index (χ4n) is 5.23. The minimum Gasteiger partial charge on any atom is -0.496 e. The molecule has 0 aliphatic carbocycles. The summed E-state index contributed by atoms with van der Waals surface area (Å²) >= 11 is 0. The van der Waals surface area contributed by atoms with Crippen molar-refractivity contribution in [3.8, 4) is 16.9 Å². The summed E-state index contributed by atoms with van der Waals surface area (Å²) in [7, 11) is 1.67. The number of para-hydroxylation sites is 2. The topological polar surface area (TPSA) is 54.2 Å². The molecule has 6 aromatic rings. The quantitative estimate of drug-likeness (QED) is 0.169. The van der Waals surface area contributed by atoms with Gasteiger partial charge in [0, 0.05) is 5.56 Å². The van der Waals surface area contributed by atoms with Crippen LogP contribution >= 0.6 is 0 Å². The Labute approximate surface area is 269 Å². The van der Waals surface area contributed by atoms with E-state index < -0.39 is 0 Å². The molecule has 0 spiro atoms. The van der Waals surface area contributed by atoms with E-state index in [-0.39, 0.29) is 6.61 Å². The van der Waals surface area contributed by atoms with Crippen LogP contribution in [0.25, 0.3) is 22.3 Å². The molecule has 0 unspecified atom stereocenters. The lowest BCUT2D eigenvalue weighted by Gasteiger charge is -2.15. The maximum atomic E-state index is 10.4. The summed E-state index contributed by atoms with van der Waals surface area (Å²) in [4.78, 5) is 9.35. The Balaban J connectivity index is 1.52. The van der Waals surface area contributed by atoms with Crippen LogP contribution in [0.1, 0.15) is 27.8 Å². The Bertz CT molecular complexity index is 1900. The summed E-state index contributed by atoms with van der Waals surface area (Å²) in [6.45, 7) is -0.121. The second-order valence-corrected chi connectivity index (χ2v) is 10.5. The molecule has 0 fully saturated rings. The molecular weight excluding hydrogens is 564 g/mol. The van der Waals surface area contributed by atoms with Crippen LogP contribution < -0.4 is 4.74 Å². The van der Waals surface area contributed by atoms with Crippen LogP contribution in [0, 0.1) is 0 Å². The van der Waals surface area contributed by atoms with Gasteiger partial charge in [-0.2, -0.15) is 0 Å². The van der Waals surface area contributed by atoms with E-state index in [1.54, 1.807) is 7.11 Å². The highest BCUT2D eigenvalue weighted by Gasteiger charge is 2.16. The number of aliphatic hydroxyl groups excluding tert-OH is 1. The third-order valence-corrected chi connectivity index (χ3v) is 7.58. The summed E-state index contributed by atoms with van der Waals surface area (Å²) in [6.07, 6.45) is 0. The number of aliphatic imine (C=N–C) groups is 2. The first-order valence-electron chi connectivity index (χ1n) is 15.0. The third kappa shape index (κ3) is 7.03. The van der Waals surface area contributed by atoms with Crippen molar-refractivity contribution in [1.29, 1.82) is 0 Å². The summed E-state index contributed by atoms with van der Waals surface area (Å²) < 4.78 is 5.86.